The third kappa shape index (κ3) is 2.87. The van der Waals surface area contributed by atoms with Crippen molar-refractivity contribution in [2.75, 3.05) is 6.54 Å². The molecule has 1 saturated carbocycles. The van der Waals surface area contributed by atoms with Crippen LogP contribution in [0.5, 0.6) is 0 Å². The summed E-state index contributed by atoms with van der Waals surface area (Å²) < 4.78 is 0. The molecule has 1 nitrogen and oxygen atoms in total. The Bertz CT molecular complexity index is 349. The Labute approximate surface area is 98.3 Å². The van der Waals surface area contributed by atoms with E-state index < -0.39 is 0 Å². The van der Waals surface area contributed by atoms with Crippen molar-refractivity contribution in [2.24, 2.45) is 5.92 Å². The molecular weight excluding hydrogens is 194 g/mol. The maximum Gasteiger partial charge on any atom is 0.0576 e. The van der Waals surface area contributed by atoms with Gasteiger partial charge in [0.2, 0.25) is 0 Å². The summed E-state index contributed by atoms with van der Waals surface area (Å²) in [4.78, 5) is 0. The minimum absolute atomic E-state index is 0.622. The van der Waals surface area contributed by atoms with Gasteiger partial charge in [-0.05, 0) is 30.7 Å². The number of rotatable bonds is 4. The molecule has 1 aliphatic rings. The lowest BCUT2D eigenvalue weighted by atomic mass is 9.94. The number of hydrogen-bond acceptors (Lipinski definition) is 1. The molecule has 0 aliphatic heterocycles. The molecule has 0 spiro atoms. The molecule has 16 heavy (non-hydrogen) atoms. The van der Waals surface area contributed by atoms with Gasteiger partial charge in [0.25, 0.3) is 0 Å². The summed E-state index contributed by atoms with van der Waals surface area (Å²) in [5, 5.41) is 3.47. The molecular formula is C15H19N. The van der Waals surface area contributed by atoms with Crippen LogP contribution in [0.2, 0.25) is 0 Å². The summed E-state index contributed by atoms with van der Waals surface area (Å²) in [5.41, 5.74) is 1.45. The van der Waals surface area contributed by atoms with Crippen LogP contribution in [-0.4, -0.2) is 12.6 Å². The van der Waals surface area contributed by atoms with Crippen molar-refractivity contribution in [3.8, 4) is 12.3 Å². The first kappa shape index (κ1) is 11.2. The molecule has 0 saturated heterocycles. The molecule has 1 N–H and O–H groups in total. The molecule has 0 radical (unpaired) electrons. The van der Waals surface area contributed by atoms with Gasteiger partial charge in [-0.3, -0.25) is 0 Å². The van der Waals surface area contributed by atoms with Crippen LogP contribution in [0.25, 0.3) is 0 Å². The van der Waals surface area contributed by atoms with Crippen LogP contribution in [0.4, 0.5) is 0 Å². The van der Waals surface area contributed by atoms with Crippen molar-refractivity contribution in [2.45, 2.75) is 31.7 Å². The van der Waals surface area contributed by atoms with Gasteiger partial charge in [-0.25, -0.2) is 0 Å². The average molecular weight is 213 g/mol. The molecule has 0 amide bonds. The zero-order valence-electron chi connectivity index (χ0n) is 9.65. The molecule has 1 heteroatoms. The summed E-state index contributed by atoms with van der Waals surface area (Å²) in [6.45, 7) is 0.704. The SMILES string of the molecule is C#CCNC1CCCC1Cc1ccccc1. The fourth-order valence-corrected chi connectivity index (χ4v) is 2.66. The third-order valence-corrected chi connectivity index (χ3v) is 3.47. The van der Waals surface area contributed by atoms with Crippen molar-refractivity contribution in [1.82, 2.24) is 5.32 Å². The van der Waals surface area contributed by atoms with Crippen molar-refractivity contribution < 1.29 is 0 Å². The second-order valence-electron chi connectivity index (χ2n) is 4.57. The molecule has 2 unspecified atom stereocenters. The number of nitrogens with one attached hydrogen (secondary N) is 1. The van der Waals surface area contributed by atoms with Gasteiger partial charge >= 0.3 is 0 Å². The van der Waals surface area contributed by atoms with E-state index >= 15 is 0 Å². The van der Waals surface area contributed by atoms with Crippen molar-refractivity contribution in [1.29, 1.82) is 0 Å². The Morgan fingerprint density at radius 1 is 1.25 bits per heavy atom. The van der Waals surface area contributed by atoms with Gasteiger partial charge in [0, 0.05) is 6.04 Å². The first-order chi connectivity index (χ1) is 7.90. The van der Waals surface area contributed by atoms with Gasteiger partial charge in [-0.1, -0.05) is 42.7 Å². The summed E-state index contributed by atoms with van der Waals surface area (Å²) in [5.74, 6) is 3.43. The van der Waals surface area contributed by atoms with Crippen LogP contribution in [0.1, 0.15) is 24.8 Å². The van der Waals surface area contributed by atoms with Gasteiger partial charge in [-0.2, -0.15) is 0 Å². The lowest BCUT2D eigenvalue weighted by Crippen LogP contribution is -2.33. The average Bonchev–Trinajstić information content (AvgIpc) is 2.75. The Balaban J connectivity index is 1.91. The minimum atomic E-state index is 0.622. The summed E-state index contributed by atoms with van der Waals surface area (Å²) in [6, 6.07) is 11.4. The normalized spacial score (nSPS) is 24.2. The Morgan fingerprint density at radius 3 is 2.81 bits per heavy atom. The van der Waals surface area contributed by atoms with Crippen molar-refractivity contribution in [3.05, 3.63) is 35.9 Å². The van der Waals surface area contributed by atoms with E-state index in [0.29, 0.717) is 12.6 Å². The standard InChI is InChI=1S/C15H19N/c1-2-11-16-15-10-6-9-14(15)12-13-7-4-3-5-8-13/h1,3-5,7-8,14-16H,6,9-12H2. The molecule has 0 bridgehead atoms. The van der Waals surface area contributed by atoms with Gasteiger partial charge < -0.3 is 5.32 Å². The zero-order chi connectivity index (χ0) is 11.2. The van der Waals surface area contributed by atoms with E-state index in [1.165, 1.54) is 31.2 Å². The molecule has 84 valence electrons. The van der Waals surface area contributed by atoms with E-state index in [9.17, 15) is 0 Å². The Hall–Kier alpha value is -1.26. The lowest BCUT2D eigenvalue weighted by molar-refractivity contribution is 0.414. The second kappa shape index (κ2) is 5.72. The Kier molecular flexibility index (Phi) is 4.02. The van der Waals surface area contributed by atoms with Gasteiger partial charge in [-0.15, -0.1) is 6.42 Å². The van der Waals surface area contributed by atoms with E-state index in [0.717, 1.165) is 5.92 Å². The maximum atomic E-state index is 5.29. The zero-order valence-corrected chi connectivity index (χ0v) is 9.65. The van der Waals surface area contributed by atoms with Crippen LogP contribution in [0.3, 0.4) is 0 Å². The van der Waals surface area contributed by atoms with Gasteiger partial charge in [0.15, 0.2) is 0 Å². The van der Waals surface area contributed by atoms with Crippen LogP contribution in [0.15, 0.2) is 30.3 Å². The monoisotopic (exact) mass is 213 g/mol. The van der Waals surface area contributed by atoms with Crippen LogP contribution >= 0.6 is 0 Å². The third-order valence-electron chi connectivity index (χ3n) is 3.47. The predicted octanol–water partition coefficient (Wildman–Crippen LogP) is 2.62. The maximum absolute atomic E-state index is 5.29. The van der Waals surface area contributed by atoms with Gasteiger partial charge in [0.05, 0.1) is 6.54 Å². The second-order valence-corrected chi connectivity index (χ2v) is 4.57. The smallest absolute Gasteiger partial charge is 0.0576 e. The lowest BCUT2D eigenvalue weighted by Gasteiger charge is -2.20. The van der Waals surface area contributed by atoms with Crippen LogP contribution in [-0.2, 0) is 6.42 Å². The van der Waals surface area contributed by atoms with E-state index in [1.54, 1.807) is 0 Å². The van der Waals surface area contributed by atoms with E-state index in [-0.39, 0.29) is 0 Å². The molecule has 0 aromatic heterocycles. The molecule has 1 fully saturated rings. The highest BCUT2D eigenvalue weighted by Gasteiger charge is 2.26. The fraction of sp³-hybridized carbons (Fsp3) is 0.467. The Morgan fingerprint density at radius 2 is 2.06 bits per heavy atom. The van der Waals surface area contributed by atoms with Crippen LogP contribution in [0, 0.1) is 18.3 Å². The molecule has 1 aromatic rings. The molecule has 1 aliphatic carbocycles. The highest BCUT2D eigenvalue weighted by molar-refractivity contribution is 5.16. The number of hydrogen-bond donors (Lipinski definition) is 1. The van der Waals surface area contributed by atoms with Crippen molar-refractivity contribution in [3.63, 3.8) is 0 Å². The molecule has 1 aromatic carbocycles. The highest BCUT2D eigenvalue weighted by Crippen LogP contribution is 2.28. The van der Waals surface area contributed by atoms with Crippen LogP contribution < -0.4 is 5.32 Å². The summed E-state index contributed by atoms with van der Waals surface area (Å²) in [7, 11) is 0. The molecule has 2 rings (SSSR count). The van der Waals surface area contributed by atoms with Gasteiger partial charge in [0.1, 0.15) is 0 Å². The topological polar surface area (TPSA) is 12.0 Å². The predicted molar refractivity (Wildman–Crippen MR) is 68.1 cm³/mol. The quantitative estimate of drug-likeness (QED) is 0.758. The first-order valence-electron chi connectivity index (χ1n) is 6.11. The molecule has 2 atom stereocenters. The highest BCUT2D eigenvalue weighted by atomic mass is 14.9. The van der Waals surface area contributed by atoms with E-state index in [1.807, 2.05) is 0 Å². The molecule has 0 heterocycles. The first-order valence-corrected chi connectivity index (χ1v) is 6.11. The van der Waals surface area contributed by atoms with Crippen molar-refractivity contribution >= 4 is 0 Å². The summed E-state index contributed by atoms with van der Waals surface area (Å²) in [6.07, 6.45) is 10.4. The largest absolute Gasteiger partial charge is 0.303 e. The minimum Gasteiger partial charge on any atom is -0.303 e. The number of terminal acetylenes is 1. The van der Waals surface area contributed by atoms with E-state index in [2.05, 4.69) is 41.6 Å². The summed E-state index contributed by atoms with van der Waals surface area (Å²) >= 11 is 0. The van der Waals surface area contributed by atoms with E-state index in [4.69, 9.17) is 6.42 Å². The fourth-order valence-electron chi connectivity index (χ4n) is 2.66. The number of benzene rings is 1.